The Kier molecular flexibility index (Phi) is 5.38. The fourth-order valence-corrected chi connectivity index (χ4v) is 3.29. The average molecular weight is 341 g/mol. The zero-order chi connectivity index (χ0) is 17.8. The van der Waals surface area contributed by atoms with Crippen LogP contribution in [0.4, 0.5) is 0 Å². The maximum Gasteiger partial charge on any atom is 0.194 e. The summed E-state index contributed by atoms with van der Waals surface area (Å²) in [5.74, 6) is 0.902. The highest BCUT2D eigenvalue weighted by atomic mass is 16.5. The highest BCUT2D eigenvalue weighted by Gasteiger charge is 2.25. The molecule has 134 valence electrons. The number of nitrogens with zero attached hydrogens (tertiary/aromatic N) is 4. The van der Waals surface area contributed by atoms with Gasteiger partial charge in [-0.1, -0.05) is 23.8 Å². The van der Waals surface area contributed by atoms with Crippen LogP contribution >= 0.6 is 0 Å². The Morgan fingerprint density at radius 1 is 1.36 bits per heavy atom. The number of nitrogens with one attached hydrogen (secondary N) is 1. The van der Waals surface area contributed by atoms with Gasteiger partial charge in [-0.3, -0.25) is 9.67 Å². The molecule has 1 unspecified atom stereocenters. The Labute approximate surface area is 149 Å². The van der Waals surface area contributed by atoms with Crippen molar-refractivity contribution in [3.63, 3.8) is 0 Å². The molecule has 0 amide bonds. The zero-order valence-corrected chi connectivity index (χ0v) is 15.5. The van der Waals surface area contributed by atoms with Crippen molar-refractivity contribution >= 4 is 5.96 Å². The maximum absolute atomic E-state index is 6.04. The van der Waals surface area contributed by atoms with Gasteiger partial charge in [-0.05, 0) is 31.0 Å². The topological polar surface area (TPSA) is 54.7 Å². The van der Waals surface area contributed by atoms with Gasteiger partial charge in [-0.2, -0.15) is 5.10 Å². The molecule has 1 N–H and O–H groups in total. The van der Waals surface area contributed by atoms with Crippen molar-refractivity contribution in [2.24, 2.45) is 12.0 Å². The van der Waals surface area contributed by atoms with Crippen LogP contribution in [0, 0.1) is 13.8 Å². The number of ether oxygens (including phenoxy) is 1. The molecule has 0 saturated carbocycles. The molecule has 3 rings (SSSR count). The minimum atomic E-state index is 0.0737. The minimum Gasteiger partial charge on any atom is -0.370 e. The molecule has 6 nitrogen and oxygen atoms in total. The van der Waals surface area contributed by atoms with E-state index in [1.807, 2.05) is 31.0 Å². The van der Waals surface area contributed by atoms with Gasteiger partial charge >= 0.3 is 0 Å². The van der Waals surface area contributed by atoms with E-state index < -0.39 is 0 Å². The molecule has 0 radical (unpaired) electrons. The van der Waals surface area contributed by atoms with E-state index in [0.29, 0.717) is 13.2 Å². The van der Waals surface area contributed by atoms with Crippen LogP contribution in [0.3, 0.4) is 0 Å². The Balaban J connectivity index is 1.67. The predicted octanol–water partition coefficient (Wildman–Crippen LogP) is 2.19. The second-order valence-corrected chi connectivity index (χ2v) is 6.51. The molecular weight excluding hydrogens is 314 g/mol. The van der Waals surface area contributed by atoms with E-state index in [1.54, 1.807) is 0 Å². The third-order valence-corrected chi connectivity index (χ3v) is 4.70. The van der Waals surface area contributed by atoms with Crippen molar-refractivity contribution in [3.05, 3.63) is 52.8 Å². The molecule has 1 saturated heterocycles. The quantitative estimate of drug-likeness (QED) is 0.687. The summed E-state index contributed by atoms with van der Waals surface area (Å²) in [7, 11) is 3.78. The summed E-state index contributed by atoms with van der Waals surface area (Å²) in [5.41, 5.74) is 4.95. The van der Waals surface area contributed by atoms with E-state index in [9.17, 15) is 0 Å². The van der Waals surface area contributed by atoms with Gasteiger partial charge in [-0.15, -0.1) is 0 Å². The van der Waals surface area contributed by atoms with Crippen LogP contribution in [0.5, 0.6) is 0 Å². The van der Waals surface area contributed by atoms with Crippen LogP contribution in [-0.2, 0) is 18.3 Å². The number of rotatable bonds is 3. The molecule has 0 bridgehead atoms. The Morgan fingerprint density at radius 3 is 2.88 bits per heavy atom. The molecule has 1 aromatic carbocycles. The number of morpholine rings is 1. The molecule has 0 spiro atoms. The molecule has 1 aliphatic rings. The summed E-state index contributed by atoms with van der Waals surface area (Å²) in [6.07, 6.45) is 1.88. The van der Waals surface area contributed by atoms with E-state index >= 15 is 0 Å². The smallest absolute Gasteiger partial charge is 0.194 e. The molecular formula is C19H27N5O. The van der Waals surface area contributed by atoms with Gasteiger partial charge in [0.25, 0.3) is 0 Å². The van der Waals surface area contributed by atoms with Gasteiger partial charge < -0.3 is 15.0 Å². The molecule has 1 atom stereocenters. The van der Waals surface area contributed by atoms with E-state index in [2.05, 4.69) is 52.4 Å². The standard InChI is InChI=1S/C19H27N5O/c1-14-5-6-17(15(2)11-14)18-13-24(9-10-25-18)19(20-3)21-12-16-7-8-22-23(16)4/h5-8,11,18H,9-10,12-13H2,1-4H3,(H,20,21). The lowest BCUT2D eigenvalue weighted by atomic mass is 10.00. The van der Waals surface area contributed by atoms with Gasteiger partial charge in [0.05, 0.1) is 25.4 Å². The summed E-state index contributed by atoms with van der Waals surface area (Å²) < 4.78 is 7.91. The van der Waals surface area contributed by atoms with Crippen LogP contribution in [0.1, 0.15) is 28.5 Å². The molecule has 2 heterocycles. The summed E-state index contributed by atoms with van der Waals surface area (Å²) in [6.45, 7) is 7.32. The third kappa shape index (κ3) is 4.02. The molecule has 25 heavy (non-hydrogen) atoms. The number of hydrogen-bond acceptors (Lipinski definition) is 3. The second kappa shape index (κ2) is 7.70. The lowest BCUT2D eigenvalue weighted by Gasteiger charge is -2.35. The van der Waals surface area contributed by atoms with Crippen molar-refractivity contribution in [1.82, 2.24) is 20.0 Å². The normalized spacial score (nSPS) is 18.5. The van der Waals surface area contributed by atoms with Gasteiger partial charge in [0.2, 0.25) is 0 Å². The van der Waals surface area contributed by atoms with Crippen LogP contribution < -0.4 is 5.32 Å². The highest BCUT2D eigenvalue weighted by Crippen LogP contribution is 2.25. The van der Waals surface area contributed by atoms with Crippen LogP contribution in [0.15, 0.2) is 35.5 Å². The zero-order valence-electron chi connectivity index (χ0n) is 15.5. The van der Waals surface area contributed by atoms with Crippen molar-refractivity contribution in [2.75, 3.05) is 26.7 Å². The van der Waals surface area contributed by atoms with Crippen LogP contribution in [-0.4, -0.2) is 47.4 Å². The minimum absolute atomic E-state index is 0.0737. The third-order valence-electron chi connectivity index (χ3n) is 4.70. The molecule has 1 fully saturated rings. The molecule has 1 aliphatic heterocycles. The first kappa shape index (κ1) is 17.5. The van der Waals surface area contributed by atoms with Crippen molar-refractivity contribution in [2.45, 2.75) is 26.5 Å². The number of aryl methyl sites for hydroxylation is 3. The average Bonchev–Trinajstić information content (AvgIpc) is 3.01. The molecule has 6 heteroatoms. The first-order valence-corrected chi connectivity index (χ1v) is 8.69. The maximum atomic E-state index is 6.04. The Hall–Kier alpha value is -2.34. The van der Waals surface area contributed by atoms with E-state index in [0.717, 1.165) is 24.7 Å². The van der Waals surface area contributed by atoms with Gasteiger partial charge in [0.1, 0.15) is 6.10 Å². The number of hydrogen-bond donors (Lipinski definition) is 1. The molecule has 2 aromatic rings. The Morgan fingerprint density at radius 2 is 2.20 bits per heavy atom. The van der Waals surface area contributed by atoms with Crippen LogP contribution in [0.2, 0.25) is 0 Å². The summed E-state index contributed by atoms with van der Waals surface area (Å²) in [6, 6.07) is 8.57. The van der Waals surface area contributed by atoms with Crippen LogP contribution in [0.25, 0.3) is 0 Å². The van der Waals surface area contributed by atoms with Gasteiger partial charge in [0.15, 0.2) is 5.96 Å². The SMILES string of the molecule is CN=C(NCc1ccnn1C)N1CCOC(c2ccc(C)cc2C)C1. The lowest BCUT2D eigenvalue weighted by molar-refractivity contribution is -0.00835. The Bertz CT molecular complexity index is 752. The van der Waals surface area contributed by atoms with Crippen molar-refractivity contribution in [3.8, 4) is 0 Å². The van der Waals surface area contributed by atoms with E-state index in [4.69, 9.17) is 4.74 Å². The van der Waals surface area contributed by atoms with Gasteiger partial charge in [-0.25, -0.2) is 0 Å². The number of guanidine groups is 1. The fourth-order valence-electron chi connectivity index (χ4n) is 3.29. The predicted molar refractivity (Wildman–Crippen MR) is 99.6 cm³/mol. The second-order valence-electron chi connectivity index (χ2n) is 6.51. The number of benzene rings is 1. The lowest BCUT2D eigenvalue weighted by Crippen LogP contribution is -2.48. The monoisotopic (exact) mass is 341 g/mol. The first-order valence-electron chi connectivity index (χ1n) is 8.69. The van der Waals surface area contributed by atoms with Gasteiger partial charge in [0, 0.05) is 26.8 Å². The molecule has 0 aliphatic carbocycles. The number of aromatic nitrogens is 2. The summed E-state index contributed by atoms with van der Waals surface area (Å²) in [4.78, 5) is 6.72. The van der Waals surface area contributed by atoms with E-state index in [-0.39, 0.29) is 6.10 Å². The van der Waals surface area contributed by atoms with Crippen molar-refractivity contribution < 1.29 is 4.74 Å². The summed E-state index contributed by atoms with van der Waals surface area (Å²) >= 11 is 0. The van der Waals surface area contributed by atoms with Crippen molar-refractivity contribution in [1.29, 1.82) is 0 Å². The summed E-state index contributed by atoms with van der Waals surface area (Å²) in [5, 5.41) is 7.64. The molecule has 1 aromatic heterocycles. The largest absolute Gasteiger partial charge is 0.370 e. The highest BCUT2D eigenvalue weighted by molar-refractivity contribution is 5.80. The first-order chi connectivity index (χ1) is 12.1. The number of aliphatic imine (C=N–C) groups is 1. The fraction of sp³-hybridized carbons (Fsp3) is 0.474. The van der Waals surface area contributed by atoms with E-state index in [1.165, 1.54) is 16.7 Å².